The highest BCUT2D eigenvalue weighted by molar-refractivity contribution is 7.99. The van der Waals surface area contributed by atoms with Crippen molar-refractivity contribution >= 4 is 34.5 Å². The number of phenolic OH excluding ortho intramolecular Hbond substituents is 1. The maximum Gasteiger partial charge on any atom is 0.251 e. The van der Waals surface area contributed by atoms with Crippen molar-refractivity contribution in [3.63, 3.8) is 0 Å². The van der Waals surface area contributed by atoms with Crippen LogP contribution in [0.3, 0.4) is 0 Å². The fourth-order valence-electron chi connectivity index (χ4n) is 3.34. The van der Waals surface area contributed by atoms with Crippen LogP contribution in [0.2, 0.25) is 0 Å². The maximum absolute atomic E-state index is 15.1. The van der Waals surface area contributed by atoms with E-state index in [1.807, 2.05) is 0 Å². The number of nitrogens with one attached hydrogen (secondary N) is 2. The molecule has 0 saturated carbocycles. The Balaban J connectivity index is 1.60. The van der Waals surface area contributed by atoms with Crippen molar-refractivity contribution in [3.8, 4) is 11.5 Å². The zero-order valence-electron chi connectivity index (χ0n) is 14.1. The Morgan fingerprint density at radius 2 is 2.27 bits per heavy atom. The number of amides is 1. The summed E-state index contributed by atoms with van der Waals surface area (Å²) in [5.41, 5.74) is 0.00878. The summed E-state index contributed by atoms with van der Waals surface area (Å²) < 4.78 is 24.9. The number of hydrogen-bond donors (Lipinski definition) is 3. The number of hydrogen-bond acceptors (Lipinski definition) is 6. The molecular formula is C18H20FN3O3S. The van der Waals surface area contributed by atoms with Gasteiger partial charge in [-0.05, 0) is 43.0 Å². The van der Waals surface area contributed by atoms with Crippen LogP contribution in [0.5, 0.6) is 11.5 Å². The van der Waals surface area contributed by atoms with Gasteiger partial charge < -0.3 is 15.2 Å². The minimum atomic E-state index is -0.561. The number of carbonyl (C=O) groups is 1. The van der Waals surface area contributed by atoms with Crippen LogP contribution in [0.1, 0.15) is 12.8 Å². The lowest BCUT2D eigenvalue weighted by Gasteiger charge is -2.23. The van der Waals surface area contributed by atoms with Gasteiger partial charge in [0.25, 0.3) is 5.91 Å². The number of rotatable bonds is 4. The molecular weight excluding hydrogens is 357 g/mol. The van der Waals surface area contributed by atoms with Crippen LogP contribution in [-0.4, -0.2) is 37.3 Å². The molecule has 8 heteroatoms. The molecule has 26 heavy (non-hydrogen) atoms. The van der Waals surface area contributed by atoms with Crippen LogP contribution in [-0.2, 0) is 4.79 Å². The van der Waals surface area contributed by atoms with Gasteiger partial charge in [-0.2, -0.15) is 0 Å². The summed E-state index contributed by atoms with van der Waals surface area (Å²) in [7, 11) is 0. The average Bonchev–Trinajstić information content (AvgIpc) is 3.07. The Bertz CT molecular complexity index is 842. The molecule has 0 aromatic heterocycles. The van der Waals surface area contributed by atoms with E-state index in [2.05, 4.69) is 10.0 Å². The van der Waals surface area contributed by atoms with E-state index in [0.717, 1.165) is 38.1 Å². The summed E-state index contributed by atoms with van der Waals surface area (Å²) in [5, 5.41) is 14.5. The molecule has 0 bridgehead atoms. The van der Waals surface area contributed by atoms with Gasteiger partial charge in [-0.25, -0.2) is 4.39 Å². The number of anilines is 1. The third-order valence-electron chi connectivity index (χ3n) is 4.69. The van der Waals surface area contributed by atoms with E-state index in [9.17, 15) is 9.90 Å². The third kappa shape index (κ3) is 3.39. The number of ether oxygens (including phenoxy) is 1. The lowest BCUT2D eigenvalue weighted by atomic mass is 10.0. The number of carbonyl (C=O) groups excluding carboxylic acids is 1. The number of nitrogens with zero attached hydrogens (tertiary/aromatic N) is 1. The van der Waals surface area contributed by atoms with E-state index < -0.39 is 5.82 Å². The van der Waals surface area contributed by atoms with Crippen LogP contribution < -0.4 is 19.1 Å². The first kappa shape index (κ1) is 17.2. The first-order valence-electron chi connectivity index (χ1n) is 8.64. The van der Waals surface area contributed by atoms with Crippen LogP contribution in [0.25, 0.3) is 10.8 Å². The quantitative estimate of drug-likeness (QED) is 0.712. The monoisotopic (exact) mass is 377 g/mol. The molecule has 2 aliphatic rings. The molecule has 2 aliphatic heterocycles. The van der Waals surface area contributed by atoms with E-state index in [1.54, 1.807) is 18.2 Å². The fourth-order valence-corrected chi connectivity index (χ4v) is 4.06. The molecule has 3 N–H and O–H groups in total. The van der Waals surface area contributed by atoms with Crippen molar-refractivity contribution in [1.29, 1.82) is 0 Å². The van der Waals surface area contributed by atoms with Gasteiger partial charge in [0, 0.05) is 17.8 Å². The van der Waals surface area contributed by atoms with Gasteiger partial charge in [0.2, 0.25) is 0 Å². The highest BCUT2D eigenvalue weighted by Crippen LogP contribution is 2.40. The molecule has 2 saturated heterocycles. The Morgan fingerprint density at radius 1 is 1.38 bits per heavy atom. The van der Waals surface area contributed by atoms with E-state index in [-0.39, 0.29) is 23.9 Å². The summed E-state index contributed by atoms with van der Waals surface area (Å²) >= 11 is 0.969. The smallest absolute Gasteiger partial charge is 0.251 e. The zero-order valence-corrected chi connectivity index (χ0v) is 14.9. The fraction of sp³-hybridized carbons (Fsp3) is 0.389. The van der Waals surface area contributed by atoms with Gasteiger partial charge in [0.05, 0.1) is 18.7 Å². The normalized spacial score (nSPS) is 20.4. The van der Waals surface area contributed by atoms with Crippen molar-refractivity contribution in [2.45, 2.75) is 12.8 Å². The molecule has 2 aromatic rings. The van der Waals surface area contributed by atoms with E-state index >= 15 is 4.39 Å². The van der Waals surface area contributed by atoms with Crippen molar-refractivity contribution in [1.82, 2.24) is 10.0 Å². The molecule has 138 valence electrons. The van der Waals surface area contributed by atoms with Gasteiger partial charge in [-0.3, -0.25) is 13.8 Å². The molecule has 0 unspecified atom stereocenters. The second-order valence-corrected chi connectivity index (χ2v) is 7.45. The molecule has 6 nitrogen and oxygen atoms in total. The van der Waals surface area contributed by atoms with Crippen LogP contribution in [0, 0.1) is 11.7 Å². The number of halogens is 1. The molecule has 1 amide bonds. The van der Waals surface area contributed by atoms with Gasteiger partial charge in [0.15, 0.2) is 5.82 Å². The van der Waals surface area contributed by atoms with Gasteiger partial charge in [0.1, 0.15) is 23.7 Å². The second-order valence-electron chi connectivity index (χ2n) is 6.62. The van der Waals surface area contributed by atoms with Crippen molar-refractivity contribution < 1.29 is 19.0 Å². The zero-order chi connectivity index (χ0) is 18.1. The molecule has 0 radical (unpaired) electrons. The summed E-state index contributed by atoms with van der Waals surface area (Å²) in [6.45, 7) is 2.57. The van der Waals surface area contributed by atoms with Crippen molar-refractivity contribution in [2.75, 3.05) is 30.5 Å². The molecule has 2 heterocycles. The summed E-state index contributed by atoms with van der Waals surface area (Å²) in [5.74, 6) is 0.0708. The van der Waals surface area contributed by atoms with Crippen molar-refractivity contribution in [3.05, 3.63) is 30.1 Å². The van der Waals surface area contributed by atoms with Crippen LogP contribution in [0.15, 0.2) is 24.3 Å². The number of phenols is 1. The molecule has 4 rings (SSSR count). The predicted molar refractivity (Wildman–Crippen MR) is 99.7 cm³/mol. The molecule has 2 aromatic carbocycles. The lowest BCUT2D eigenvalue weighted by molar-refractivity contribution is -0.117. The maximum atomic E-state index is 15.1. The predicted octanol–water partition coefficient (Wildman–Crippen LogP) is 2.56. The molecule has 1 atom stereocenters. The molecule has 0 spiro atoms. The number of fused-ring (bicyclic) bond motifs is 1. The van der Waals surface area contributed by atoms with Crippen LogP contribution >= 0.6 is 12.1 Å². The Labute approximate surface area is 155 Å². The van der Waals surface area contributed by atoms with E-state index in [0.29, 0.717) is 29.0 Å². The van der Waals surface area contributed by atoms with Crippen molar-refractivity contribution in [2.24, 2.45) is 5.92 Å². The summed E-state index contributed by atoms with van der Waals surface area (Å²) in [6.07, 6.45) is 2.27. The highest BCUT2D eigenvalue weighted by Gasteiger charge is 2.27. The highest BCUT2D eigenvalue weighted by atomic mass is 32.2. The minimum Gasteiger partial charge on any atom is -0.506 e. The topological polar surface area (TPSA) is 73.8 Å². The largest absolute Gasteiger partial charge is 0.506 e. The Kier molecular flexibility index (Phi) is 4.78. The number of benzene rings is 2. The van der Waals surface area contributed by atoms with E-state index in [4.69, 9.17) is 4.74 Å². The summed E-state index contributed by atoms with van der Waals surface area (Å²) in [6, 6.07) is 6.68. The first-order valence-corrected chi connectivity index (χ1v) is 9.41. The Hall–Kier alpha value is -2.19. The number of aromatic hydroxyl groups is 1. The molecule has 2 fully saturated rings. The summed E-state index contributed by atoms with van der Waals surface area (Å²) in [4.78, 5) is 11.4. The third-order valence-corrected chi connectivity index (χ3v) is 5.55. The minimum absolute atomic E-state index is 0.00841. The Morgan fingerprint density at radius 3 is 3.00 bits per heavy atom. The second kappa shape index (κ2) is 7.20. The van der Waals surface area contributed by atoms with E-state index in [1.165, 1.54) is 10.4 Å². The van der Waals surface area contributed by atoms with Gasteiger partial charge in [-0.1, -0.05) is 6.07 Å². The van der Waals surface area contributed by atoms with Gasteiger partial charge >= 0.3 is 0 Å². The average molecular weight is 377 g/mol. The number of piperidine rings is 1. The van der Waals surface area contributed by atoms with Crippen LogP contribution in [0.4, 0.5) is 10.1 Å². The molecule has 0 aliphatic carbocycles. The lowest BCUT2D eigenvalue weighted by Crippen LogP contribution is -2.33. The first-order chi connectivity index (χ1) is 12.6. The standard InChI is InChI=1S/C18H20FN3O3S/c19-17-14-7-13(25-10-11-2-1-5-20-8-11)4-3-12(14)6-15(23)18(17)22-9-16(24)21-26-22/h3-4,6-7,11,20,23H,1-2,5,8-10H2,(H,21,24)/t11-/m1/s1. The SMILES string of the molecule is O=C1CN(c2c(O)cc3ccc(OC[C@@H]4CCCNC4)cc3c2F)SN1. The van der Waals surface area contributed by atoms with Gasteiger partial charge in [-0.15, -0.1) is 0 Å².